The summed E-state index contributed by atoms with van der Waals surface area (Å²) in [4.78, 5) is 28.5. The first-order valence-electron chi connectivity index (χ1n) is 8.44. The molecular formula is C18H25N3O2S. The van der Waals surface area contributed by atoms with Gasteiger partial charge < -0.3 is 15.1 Å². The molecule has 0 aliphatic carbocycles. The smallest absolute Gasteiger partial charge is 0.243 e. The van der Waals surface area contributed by atoms with Crippen molar-refractivity contribution in [1.82, 2.24) is 10.2 Å². The number of nitrogens with one attached hydrogen (secondary N) is 1. The van der Waals surface area contributed by atoms with Crippen molar-refractivity contribution in [2.75, 3.05) is 24.2 Å². The van der Waals surface area contributed by atoms with Gasteiger partial charge in [0.1, 0.15) is 6.04 Å². The van der Waals surface area contributed by atoms with E-state index in [4.69, 9.17) is 0 Å². The lowest BCUT2D eigenvalue weighted by atomic mass is 10.2. The SMILES string of the molecule is C[C@H](CNC(=O)[C@H]1CS[C@@]2(C)CCC(=O)N12)N(C)c1ccccc1. The highest BCUT2D eigenvalue weighted by Crippen LogP contribution is 2.47. The summed E-state index contributed by atoms with van der Waals surface area (Å²) in [7, 11) is 2.03. The summed E-state index contributed by atoms with van der Waals surface area (Å²) in [5, 5.41) is 3.04. The van der Waals surface area contributed by atoms with Gasteiger partial charge in [0, 0.05) is 37.5 Å². The highest BCUT2D eigenvalue weighted by Gasteiger charge is 2.52. The van der Waals surface area contributed by atoms with Crippen molar-refractivity contribution >= 4 is 29.3 Å². The van der Waals surface area contributed by atoms with E-state index in [1.807, 2.05) is 25.2 Å². The summed E-state index contributed by atoms with van der Waals surface area (Å²) in [5.41, 5.74) is 1.12. The van der Waals surface area contributed by atoms with Gasteiger partial charge in [0.2, 0.25) is 11.8 Å². The molecule has 2 amide bonds. The van der Waals surface area contributed by atoms with E-state index in [0.29, 0.717) is 18.7 Å². The minimum atomic E-state index is -0.329. The van der Waals surface area contributed by atoms with Crippen molar-refractivity contribution < 1.29 is 9.59 Å². The third-order valence-electron chi connectivity index (χ3n) is 5.14. The normalized spacial score (nSPS) is 27.0. The van der Waals surface area contributed by atoms with Crippen LogP contribution < -0.4 is 10.2 Å². The molecule has 0 aromatic heterocycles. The standard InChI is InChI=1S/C18H25N3O2S/c1-13(20(3)14-7-5-4-6-8-14)11-19-17(23)15-12-24-18(2)10-9-16(22)21(15)18/h4-8,13,15H,9-12H2,1-3H3,(H,19,23)/t13-,15-,18+/m1/s1. The Hall–Kier alpha value is -1.69. The van der Waals surface area contributed by atoms with Crippen LogP contribution in [0.3, 0.4) is 0 Å². The summed E-state index contributed by atoms with van der Waals surface area (Å²) in [6.45, 7) is 4.72. The highest BCUT2D eigenvalue weighted by atomic mass is 32.2. The molecule has 3 rings (SSSR count). The molecular weight excluding hydrogens is 322 g/mol. The van der Waals surface area contributed by atoms with Crippen molar-refractivity contribution in [3.8, 4) is 0 Å². The van der Waals surface area contributed by atoms with Crippen LogP contribution in [0, 0.1) is 0 Å². The van der Waals surface area contributed by atoms with Crippen LogP contribution in [0.15, 0.2) is 30.3 Å². The summed E-state index contributed by atoms with van der Waals surface area (Å²) in [5.74, 6) is 0.767. The number of benzene rings is 1. The molecule has 2 heterocycles. The number of carbonyl (C=O) groups excluding carboxylic acids is 2. The third-order valence-corrected chi connectivity index (χ3v) is 6.65. The van der Waals surface area contributed by atoms with Crippen LogP contribution >= 0.6 is 11.8 Å². The molecule has 2 fully saturated rings. The molecule has 3 atom stereocenters. The second-order valence-corrected chi connectivity index (χ2v) is 8.31. The van der Waals surface area contributed by atoms with Gasteiger partial charge in [-0.05, 0) is 32.4 Å². The van der Waals surface area contributed by atoms with Crippen LogP contribution in [0.25, 0.3) is 0 Å². The van der Waals surface area contributed by atoms with Crippen LogP contribution in [-0.4, -0.2) is 53.0 Å². The Kier molecular flexibility index (Phi) is 4.76. The predicted molar refractivity (Wildman–Crippen MR) is 98.0 cm³/mol. The van der Waals surface area contributed by atoms with Crippen LogP contribution in [0.1, 0.15) is 26.7 Å². The number of carbonyl (C=O) groups is 2. The molecule has 130 valence electrons. The van der Waals surface area contributed by atoms with Crippen molar-refractivity contribution in [2.45, 2.75) is 43.6 Å². The van der Waals surface area contributed by atoms with Gasteiger partial charge in [-0.1, -0.05) is 18.2 Å². The van der Waals surface area contributed by atoms with E-state index in [0.717, 1.165) is 12.1 Å². The Morgan fingerprint density at radius 2 is 2.17 bits per heavy atom. The largest absolute Gasteiger partial charge is 0.370 e. The van der Waals surface area contributed by atoms with Crippen LogP contribution in [-0.2, 0) is 9.59 Å². The number of para-hydroxylation sites is 1. The lowest BCUT2D eigenvalue weighted by Crippen LogP contribution is -2.52. The predicted octanol–water partition coefficient (Wildman–Crippen LogP) is 2.08. The number of fused-ring (bicyclic) bond motifs is 1. The molecule has 2 aliphatic rings. The van der Waals surface area contributed by atoms with Crippen LogP contribution in [0.4, 0.5) is 5.69 Å². The third kappa shape index (κ3) is 3.11. The molecule has 2 aliphatic heterocycles. The molecule has 0 saturated carbocycles. The van der Waals surface area contributed by atoms with E-state index < -0.39 is 0 Å². The monoisotopic (exact) mass is 347 g/mol. The second-order valence-electron chi connectivity index (χ2n) is 6.81. The maximum atomic E-state index is 12.6. The molecule has 0 bridgehead atoms. The minimum Gasteiger partial charge on any atom is -0.370 e. The summed E-state index contributed by atoms with van der Waals surface area (Å²) in [6, 6.07) is 9.96. The zero-order chi connectivity index (χ0) is 17.3. The molecule has 24 heavy (non-hydrogen) atoms. The molecule has 1 aromatic carbocycles. The van der Waals surface area contributed by atoms with E-state index in [1.165, 1.54) is 0 Å². The number of amides is 2. The Labute approximate surface area is 147 Å². The number of thioether (sulfide) groups is 1. The molecule has 5 nitrogen and oxygen atoms in total. The summed E-state index contributed by atoms with van der Waals surface area (Å²) >= 11 is 1.73. The molecule has 6 heteroatoms. The zero-order valence-corrected chi connectivity index (χ0v) is 15.3. The minimum absolute atomic E-state index is 0.0326. The Bertz CT molecular complexity index is 624. The number of rotatable bonds is 5. The molecule has 2 saturated heterocycles. The lowest BCUT2D eigenvalue weighted by Gasteiger charge is -2.31. The van der Waals surface area contributed by atoms with Crippen molar-refractivity contribution in [1.29, 1.82) is 0 Å². The fraction of sp³-hybridized carbons (Fsp3) is 0.556. The summed E-state index contributed by atoms with van der Waals surface area (Å²) in [6.07, 6.45) is 1.40. The first-order valence-corrected chi connectivity index (χ1v) is 9.42. The quantitative estimate of drug-likeness (QED) is 0.886. The number of hydrogen-bond donors (Lipinski definition) is 1. The van der Waals surface area contributed by atoms with Crippen LogP contribution in [0.2, 0.25) is 0 Å². The maximum Gasteiger partial charge on any atom is 0.243 e. The van der Waals surface area contributed by atoms with Crippen molar-refractivity contribution in [2.24, 2.45) is 0 Å². The Morgan fingerprint density at radius 1 is 1.46 bits per heavy atom. The molecule has 1 N–H and O–H groups in total. The van der Waals surface area contributed by atoms with Crippen molar-refractivity contribution in [3.63, 3.8) is 0 Å². The highest BCUT2D eigenvalue weighted by molar-refractivity contribution is 8.01. The zero-order valence-electron chi connectivity index (χ0n) is 14.5. The Morgan fingerprint density at radius 3 is 2.88 bits per heavy atom. The fourth-order valence-electron chi connectivity index (χ4n) is 3.44. The first kappa shape index (κ1) is 17.1. The van der Waals surface area contributed by atoms with E-state index in [2.05, 4.69) is 36.2 Å². The van der Waals surface area contributed by atoms with E-state index in [1.54, 1.807) is 16.7 Å². The number of nitrogens with zero attached hydrogens (tertiary/aromatic N) is 2. The van der Waals surface area contributed by atoms with Gasteiger partial charge in [0.25, 0.3) is 0 Å². The maximum absolute atomic E-state index is 12.6. The molecule has 0 spiro atoms. The number of likely N-dealkylation sites (N-methyl/N-ethyl adjacent to an activating group) is 1. The van der Waals surface area contributed by atoms with E-state index >= 15 is 0 Å². The van der Waals surface area contributed by atoms with Gasteiger partial charge in [-0.15, -0.1) is 11.8 Å². The topological polar surface area (TPSA) is 52.7 Å². The first-order chi connectivity index (χ1) is 11.4. The van der Waals surface area contributed by atoms with Crippen LogP contribution in [0.5, 0.6) is 0 Å². The van der Waals surface area contributed by atoms with Crippen molar-refractivity contribution in [3.05, 3.63) is 30.3 Å². The number of hydrogen-bond acceptors (Lipinski definition) is 4. The molecule has 0 radical (unpaired) electrons. The lowest BCUT2D eigenvalue weighted by molar-refractivity contribution is -0.137. The van der Waals surface area contributed by atoms with E-state index in [9.17, 15) is 9.59 Å². The number of anilines is 1. The van der Waals surface area contributed by atoms with Gasteiger partial charge in [-0.25, -0.2) is 0 Å². The molecule has 0 unspecified atom stereocenters. The second kappa shape index (κ2) is 6.67. The summed E-state index contributed by atoms with van der Waals surface area (Å²) < 4.78 is 0. The van der Waals surface area contributed by atoms with E-state index in [-0.39, 0.29) is 28.8 Å². The van der Waals surface area contributed by atoms with Gasteiger partial charge in [-0.3, -0.25) is 9.59 Å². The van der Waals surface area contributed by atoms with Gasteiger partial charge in [0.05, 0.1) is 4.87 Å². The Balaban J connectivity index is 1.57. The molecule has 1 aromatic rings. The average Bonchev–Trinajstić information content (AvgIpc) is 3.09. The van der Waals surface area contributed by atoms with Gasteiger partial charge >= 0.3 is 0 Å². The van der Waals surface area contributed by atoms with Gasteiger partial charge in [-0.2, -0.15) is 0 Å². The average molecular weight is 347 g/mol. The van der Waals surface area contributed by atoms with Gasteiger partial charge in [0.15, 0.2) is 0 Å². The fourth-order valence-corrected chi connectivity index (χ4v) is 4.87.